The third kappa shape index (κ3) is 2.90. The first-order valence-corrected chi connectivity index (χ1v) is 7.64. The number of carbonyl (C=O) groups is 1. The van der Waals surface area contributed by atoms with E-state index in [0.717, 1.165) is 33.7 Å². The van der Waals surface area contributed by atoms with Crippen LogP contribution in [0.4, 0.5) is 0 Å². The molecule has 0 amide bonds. The second-order valence-electron chi connectivity index (χ2n) is 4.03. The van der Waals surface area contributed by atoms with Crippen molar-refractivity contribution in [1.82, 2.24) is 9.78 Å². The van der Waals surface area contributed by atoms with Crippen LogP contribution in [-0.4, -0.2) is 15.6 Å². The van der Waals surface area contributed by atoms with Crippen LogP contribution in [-0.2, 0) is 19.4 Å². The summed E-state index contributed by atoms with van der Waals surface area (Å²) < 4.78 is 2.88. The zero-order valence-corrected chi connectivity index (χ0v) is 12.8. The first kappa shape index (κ1) is 13.5. The van der Waals surface area contributed by atoms with Crippen molar-refractivity contribution in [3.63, 3.8) is 0 Å². The summed E-state index contributed by atoms with van der Waals surface area (Å²) in [5.74, 6) is 0.156. The lowest BCUT2D eigenvalue weighted by atomic mass is 10.2. The highest BCUT2D eigenvalue weighted by atomic mass is 79.9. The fraction of sp³-hybridized carbons (Fsp3) is 0.385. The Balaban J connectivity index is 2.18. The fourth-order valence-corrected chi connectivity index (χ4v) is 3.18. The van der Waals surface area contributed by atoms with E-state index in [1.165, 1.54) is 11.3 Å². The first-order chi connectivity index (χ1) is 8.63. The number of carbonyl (C=O) groups excluding carboxylic acids is 1. The molecule has 0 radical (unpaired) electrons. The van der Waals surface area contributed by atoms with E-state index in [-0.39, 0.29) is 5.78 Å². The van der Waals surface area contributed by atoms with Gasteiger partial charge in [-0.25, -0.2) is 0 Å². The predicted octanol–water partition coefficient (Wildman–Crippen LogP) is 3.71. The van der Waals surface area contributed by atoms with E-state index in [4.69, 9.17) is 0 Å². The lowest BCUT2D eigenvalue weighted by Gasteiger charge is -2.02. The number of halogens is 1. The zero-order chi connectivity index (χ0) is 13.1. The highest BCUT2D eigenvalue weighted by Crippen LogP contribution is 2.21. The third-order valence-corrected chi connectivity index (χ3v) is 4.49. The summed E-state index contributed by atoms with van der Waals surface area (Å²) in [6.45, 7) is 4.92. The molecule has 0 bridgehead atoms. The monoisotopic (exact) mass is 326 g/mol. The number of hydrogen-bond donors (Lipinski definition) is 0. The average Bonchev–Trinajstić information content (AvgIpc) is 2.95. The standard InChI is InChI=1S/C13H15BrN2OS/c1-3-10-6-11(16(4-2)15-10)7-12(17)13-5-9(14)8-18-13/h5-6,8H,3-4,7H2,1-2H3. The molecule has 0 aliphatic carbocycles. The molecule has 2 rings (SSSR count). The van der Waals surface area contributed by atoms with E-state index >= 15 is 0 Å². The molecule has 2 heterocycles. The molecule has 0 spiro atoms. The molecule has 0 N–H and O–H groups in total. The van der Waals surface area contributed by atoms with Crippen molar-refractivity contribution >= 4 is 33.0 Å². The van der Waals surface area contributed by atoms with Crippen LogP contribution in [0.15, 0.2) is 22.0 Å². The minimum Gasteiger partial charge on any atom is -0.293 e. The summed E-state index contributed by atoms with van der Waals surface area (Å²) in [4.78, 5) is 12.9. The van der Waals surface area contributed by atoms with Gasteiger partial charge in [0.25, 0.3) is 0 Å². The van der Waals surface area contributed by atoms with E-state index in [2.05, 4.69) is 28.0 Å². The Morgan fingerprint density at radius 1 is 1.44 bits per heavy atom. The smallest absolute Gasteiger partial charge is 0.178 e. The molecule has 0 aromatic carbocycles. The van der Waals surface area contributed by atoms with Crippen LogP contribution in [0.5, 0.6) is 0 Å². The highest BCUT2D eigenvalue weighted by Gasteiger charge is 2.13. The Morgan fingerprint density at radius 2 is 2.22 bits per heavy atom. The molecule has 2 aromatic heterocycles. The number of hydrogen-bond acceptors (Lipinski definition) is 3. The Labute approximate surface area is 119 Å². The summed E-state index contributed by atoms with van der Waals surface area (Å²) in [5.41, 5.74) is 2.05. The van der Waals surface area contributed by atoms with Crippen LogP contribution in [0.2, 0.25) is 0 Å². The number of thiophene rings is 1. The van der Waals surface area contributed by atoms with Crippen molar-refractivity contribution < 1.29 is 4.79 Å². The maximum absolute atomic E-state index is 12.1. The molecular formula is C13H15BrN2OS. The average molecular weight is 327 g/mol. The van der Waals surface area contributed by atoms with Gasteiger partial charge in [0.05, 0.1) is 17.0 Å². The molecule has 18 heavy (non-hydrogen) atoms. The molecule has 0 aliphatic heterocycles. The van der Waals surface area contributed by atoms with Gasteiger partial charge in [0.1, 0.15) is 0 Å². The normalized spacial score (nSPS) is 10.8. The van der Waals surface area contributed by atoms with Crippen molar-refractivity contribution in [2.75, 3.05) is 0 Å². The molecule has 0 atom stereocenters. The Hall–Kier alpha value is -0.940. The van der Waals surface area contributed by atoms with Crippen LogP contribution >= 0.6 is 27.3 Å². The fourth-order valence-electron chi connectivity index (χ4n) is 1.81. The largest absolute Gasteiger partial charge is 0.293 e. The highest BCUT2D eigenvalue weighted by molar-refractivity contribution is 9.10. The van der Waals surface area contributed by atoms with Gasteiger partial charge in [-0.1, -0.05) is 6.92 Å². The third-order valence-electron chi connectivity index (χ3n) is 2.76. The number of aromatic nitrogens is 2. The number of nitrogens with zero attached hydrogens (tertiary/aromatic N) is 2. The lowest BCUT2D eigenvalue weighted by molar-refractivity contribution is 0.0994. The minimum absolute atomic E-state index is 0.156. The van der Waals surface area contributed by atoms with Crippen molar-refractivity contribution in [1.29, 1.82) is 0 Å². The minimum atomic E-state index is 0.156. The molecule has 0 aliphatic rings. The van der Waals surface area contributed by atoms with Crippen LogP contribution in [0.1, 0.15) is 34.9 Å². The molecule has 96 valence electrons. The summed E-state index contributed by atoms with van der Waals surface area (Å²) in [6.07, 6.45) is 1.33. The summed E-state index contributed by atoms with van der Waals surface area (Å²) in [7, 11) is 0. The Bertz CT molecular complexity index is 559. The second kappa shape index (κ2) is 5.80. The molecule has 0 fully saturated rings. The molecule has 3 nitrogen and oxygen atoms in total. The van der Waals surface area contributed by atoms with Crippen LogP contribution < -0.4 is 0 Å². The first-order valence-electron chi connectivity index (χ1n) is 5.96. The maximum atomic E-state index is 12.1. The summed E-state index contributed by atoms with van der Waals surface area (Å²) in [6, 6.07) is 3.91. The Kier molecular flexibility index (Phi) is 4.35. The molecular weight excluding hydrogens is 312 g/mol. The van der Waals surface area contributed by atoms with Gasteiger partial charge >= 0.3 is 0 Å². The van der Waals surface area contributed by atoms with Crippen molar-refractivity contribution in [2.24, 2.45) is 0 Å². The van der Waals surface area contributed by atoms with E-state index < -0.39 is 0 Å². The van der Waals surface area contributed by atoms with E-state index in [9.17, 15) is 4.79 Å². The van der Waals surface area contributed by atoms with E-state index in [0.29, 0.717) is 6.42 Å². The van der Waals surface area contributed by atoms with Gasteiger partial charge in [-0.15, -0.1) is 11.3 Å². The SMILES string of the molecule is CCc1cc(CC(=O)c2cc(Br)cs2)n(CC)n1. The van der Waals surface area contributed by atoms with Crippen LogP contribution in [0, 0.1) is 0 Å². The summed E-state index contributed by atoms with van der Waals surface area (Å²) in [5, 5.41) is 6.39. The maximum Gasteiger partial charge on any atom is 0.178 e. The van der Waals surface area contributed by atoms with Gasteiger partial charge in [0.15, 0.2) is 5.78 Å². The van der Waals surface area contributed by atoms with Gasteiger partial charge in [-0.2, -0.15) is 5.10 Å². The van der Waals surface area contributed by atoms with Gasteiger partial charge < -0.3 is 0 Å². The topological polar surface area (TPSA) is 34.9 Å². The lowest BCUT2D eigenvalue weighted by Crippen LogP contribution is -2.08. The quantitative estimate of drug-likeness (QED) is 0.785. The second-order valence-corrected chi connectivity index (χ2v) is 5.85. The van der Waals surface area contributed by atoms with Gasteiger partial charge in [-0.05, 0) is 41.4 Å². The van der Waals surface area contributed by atoms with Gasteiger partial charge in [-0.3, -0.25) is 9.48 Å². The van der Waals surface area contributed by atoms with Crippen LogP contribution in [0.25, 0.3) is 0 Å². The van der Waals surface area contributed by atoms with E-state index in [1.807, 2.05) is 29.1 Å². The number of Topliss-reactive ketones (excluding diaryl/α,β-unsaturated/α-hetero) is 1. The zero-order valence-electron chi connectivity index (χ0n) is 10.4. The molecule has 0 unspecified atom stereocenters. The molecule has 0 saturated heterocycles. The van der Waals surface area contributed by atoms with Gasteiger partial charge in [0, 0.05) is 22.1 Å². The molecule has 5 heteroatoms. The van der Waals surface area contributed by atoms with E-state index in [1.54, 1.807) is 0 Å². The molecule has 0 saturated carbocycles. The number of aryl methyl sites for hydroxylation is 2. The summed E-state index contributed by atoms with van der Waals surface area (Å²) >= 11 is 4.85. The number of ketones is 1. The van der Waals surface area contributed by atoms with Crippen molar-refractivity contribution in [3.8, 4) is 0 Å². The predicted molar refractivity (Wildman–Crippen MR) is 77.3 cm³/mol. The number of rotatable bonds is 5. The van der Waals surface area contributed by atoms with Crippen molar-refractivity contribution in [3.05, 3.63) is 38.3 Å². The Morgan fingerprint density at radius 3 is 2.78 bits per heavy atom. The van der Waals surface area contributed by atoms with Crippen LogP contribution in [0.3, 0.4) is 0 Å². The molecule has 2 aromatic rings. The van der Waals surface area contributed by atoms with Gasteiger partial charge in [0.2, 0.25) is 0 Å². The van der Waals surface area contributed by atoms with Crippen molar-refractivity contribution in [2.45, 2.75) is 33.2 Å².